The van der Waals surface area contributed by atoms with Crippen molar-refractivity contribution in [2.45, 2.75) is 71.6 Å². The first-order valence-electron chi connectivity index (χ1n) is 7.28. The highest BCUT2D eigenvalue weighted by atomic mass is 14.6. The monoisotopic (exact) mass is 223 g/mol. The van der Waals surface area contributed by atoms with Crippen LogP contribution in [0, 0.1) is 16.7 Å². The Morgan fingerprint density at radius 3 is 2.25 bits per heavy atom. The Morgan fingerprint density at radius 2 is 1.69 bits per heavy atom. The molecular weight excluding hydrogens is 194 g/mol. The first kappa shape index (κ1) is 12.4. The van der Waals surface area contributed by atoms with Crippen LogP contribution in [0.4, 0.5) is 0 Å². The Morgan fingerprint density at radius 1 is 1.00 bits per heavy atom. The van der Waals surface area contributed by atoms with Crippen molar-refractivity contribution in [3.05, 3.63) is 0 Å². The van der Waals surface area contributed by atoms with Gasteiger partial charge in [0.1, 0.15) is 0 Å². The fourth-order valence-electron chi connectivity index (χ4n) is 4.26. The van der Waals surface area contributed by atoms with Gasteiger partial charge in [-0.2, -0.15) is 0 Å². The topological polar surface area (TPSA) is 26.0 Å². The SMILES string of the molecule is CC1(C)CCCC(C2(CN)CCCCC2)C1. The van der Waals surface area contributed by atoms with E-state index in [-0.39, 0.29) is 0 Å². The molecule has 0 radical (unpaired) electrons. The predicted octanol–water partition coefficient (Wildman–Crippen LogP) is 4.11. The van der Waals surface area contributed by atoms with Crippen LogP contribution in [-0.4, -0.2) is 6.54 Å². The molecular formula is C15H29N. The number of hydrogen-bond donors (Lipinski definition) is 1. The van der Waals surface area contributed by atoms with Crippen LogP contribution in [0.3, 0.4) is 0 Å². The normalized spacial score (nSPS) is 33.6. The number of rotatable bonds is 2. The van der Waals surface area contributed by atoms with Gasteiger partial charge in [-0.3, -0.25) is 0 Å². The third kappa shape index (κ3) is 2.45. The molecule has 0 amide bonds. The van der Waals surface area contributed by atoms with Crippen LogP contribution in [-0.2, 0) is 0 Å². The summed E-state index contributed by atoms with van der Waals surface area (Å²) in [5, 5.41) is 0. The third-order valence-corrected chi connectivity index (χ3v) is 5.33. The summed E-state index contributed by atoms with van der Waals surface area (Å²) in [5.41, 5.74) is 7.25. The maximum atomic E-state index is 6.16. The molecule has 0 heterocycles. The van der Waals surface area contributed by atoms with E-state index in [1.165, 1.54) is 57.8 Å². The highest BCUT2D eigenvalue weighted by Crippen LogP contribution is 2.51. The van der Waals surface area contributed by atoms with Crippen molar-refractivity contribution in [2.24, 2.45) is 22.5 Å². The number of hydrogen-bond acceptors (Lipinski definition) is 1. The molecule has 0 bridgehead atoms. The van der Waals surface area contributed by atoms with Gasteiger partial charge in [-0.25, -0.2) is 0 Å². The van der Waals surface area contributed by atoms with Crippen molar-refractivity contribution in [2.75, 3.05) is 6.54 Å². The molecule has 2 saturated carbocycles. The molecule has 1 unspecified atom stereocenters. The van der Waals surface area contributed by atoms with Gasteiger partial charge in [0.15, 0.2) is 0 Å². The predicted molar refractivity (Wildman–Crippen MR) is 70.3 cm³/mol. The highest BCUT2D eigenvalue weighted by molar-refractivity contribution is 4.94. The molecule has 94 valence electrons. The minimum atomic E-state index is 0.524. The number of nitrogens with two attached hydrogens (primary N) is 1. The second-order valence-electron chi connectivity index (χ2n) is 7.08. The van der Waals surface area contributed by atoms with E-state index in [4.69, 9.17) is 5.73 Å². The third-order valence-electron chi connectivity index (χ3n) is 5.33. The molecule has 0 aliphatic heterocycles. The Balaban J connectivity index is 2.08. The maximum Gasteiger partial charge on any atom is -0.00179 e. The van der Waals surface area contributed by atoms with Crippen molar-refractivity contribution in [3.8, 4) is 0 Å². The van der Waals surface area contributed by atoms with Gasteiger partial charge < -0.3 is 5.73 Å². The molecule has 16 heavy (non-hydrogen) atoms. The lowest BCUT2D eigenvalue weighted by molar-refractivity contribution is 0.0335. The molecule has 1 nitrogen and oxygen atoms in total. The highest BCUT2D eigenvalue weighted by Gasteiger charge is 2.42. The van der Waals surface area contributed by atoms with Crippen LogP contribution < -0.4 is 5.73 Å². The standard InChI is InChI=1S/C15H29N/c1-14(2)8-6-7-13(11-14)15(12-16)9-4-3-5-10-15/h13H,3-12,16H2,1-2H3. The zero-order valence-electron chi connectivity index (χ0n) is 11.2. The molecule has 0 aromatic heterocycles. The van der Waals surface area contributed by atoms with Crippen LogP contribution in [0.25, 0.3) is 0 Å². The zero-order valence-corrected chi connectivity index (χ0v) is 11.2. The summed E-state index contributed by atoms with van der Waals surface area (Å²) in [7, 11) is 0. The van der Waals surface area contributed by atoms with E-state index in [1.54, 1.807) is 0 Å². The quantitative estimate of drug-likeness (QED) is 0.749. The summed E-state index contributed by atoms with van der Waals surface area (Å²) < 4.78 is 0. The molecule has 2 N–H and O–H groups in total. The molecule has 0 spiro atoms. The van der Waals surface area contributed by atoms with Crippen LogP contribution in [0.1, 0.15) is 71.6 Å². The minimum Gasteiger partial charge on any atom is -0.330 e. The molecule has 2 rings (SSSR count). The Kier molecular flexibility index (Phi) is 3.63. The molecule has 1 heteroatoms. The van der Waals surface area contributed by atoms with Crippen molar-refractivity contribution in [3.63, 3.8) is 0 Å². The molecule has 1 atom stereocenters. The van der Waals surface area contributed by atoms with E-state index in [2.05, 4.69) is 13.8 Å². The Hall–Kier alpha value is -0.0400. The molecule has 0 aromatic carbocycles. The van der Waals surface area contributed by atoms with E-state index in [0.717, 1.165) is 12.5 Å². The van der Waals surface area contributed by atoms with Crippen LogP contribution in [0.15, 0.2) is 0 Å². The van der Waals surface area contributed by atoms with Gasteiger partial charge in [0, 0.05) is 0 Å². The van der Waals surface area contributed by atoms with Gasteiger partial charge in [0.25, 0.3) is 0 Å². The second kappa shape index (κ2) is 4.68. The van der Waals surface area contributed by atoms with E-state index >= 15 is 0 Å². The fourth-order valence-corrected chi connectivity index (χ4v) is 4.26. The second-order valence-corrected chi connectivity index (χ2v) is 7.08. The lowest BCUT2D eigenvalue weighted by Crippen LogP contribution is -2.43. The van der Waals surface area contributed by atoms with Gasteiger partial charge in [0.2, 0.25) is 0 Å². The molecule has 0 saturated heterocycles. The van der Waals surface area contributed by atoms with Crippen molar-refractivity contribution < 1.29 is 0 Å². The summed E-state index contributed by atoms with van der Waals surface area (Å²) in [6.07, 6.45) is 12.8. The van der Waals surface area contributed by atoms with Gasteiger partial charge >= 0.3 is 0 Å². The van der Waals surface area contributed by atoms with E-state index < -0.39 is 0 Å². The average molecular weight is 223 g/mol. The Bertz CT molecular complexity index is 226. The largest absolute Gasteiger partial charge is 0.330 e. The summed E-state index contributed by atoms with van der Waals surface area (Å²) in [6.45, 7) is 5.84. The van der Waals surface area contributed by atoms with Gasteiger partial charge in [-0.05, 0) is 55.4 Å². The van der Waals surface area contributed by atoms with Gasteiger partial charge in [-0.1, -0.05) is 39.5 Å². The molecule has 0 aromatic rings. The molecule has 2 aliphatic carbocycles. The first-order chi connectivity index (χ1) is 7.58. The first-order valence-corrected chi connectivity index (χ1v) is 7.28. The lowest BCUT2D eigenvalue weighted by Gasteiger charge is -2.48. The van der Waals surface area contributed by atoms with Crippen molar-refractivity contribution in [1.29, 1.82) is 0 Å². The lowest BCUT2D eigenvalue weighted by atomic mass is 9.58. The van der Waals surface area contributed by atoms with Gasteiger partial charge in [0.05, 0.1) is 0 Å². The van der Waals surface area contributed by atoms with Crippen molar-refractivity contribution in [1.82, 2.24) is 0 Å². The van der Waals surface area contributed by atoms with E-state index in [9.17, 15) is 0 Å². The minimum absolute atomic E-state index is 0.524. The van der Waals surface area contributed by atoms with E-state index in [0.29, 0.717) is 10.8 Å². The summed E-state index contributed by atoms with van der Waals surface area (Å²) in [4.78, 5) is 0. The Labute approximate surface area is 101 Å². The van der Waals surface area contributed by atoms with Gasteiger partial charge in [-0.15, -0.1) is 0 Å². The fraction of sp³-hybridized carbons (Fsp3) is 1.00. The van der Waals surface area contributed by atoms with Crippen LogP contribution in [0.2, 0.25) is 0 Å². The summed E-state index contributed by atoms with van der Waals surface area (Å²) in [6, 6.07) is 0. The zero-order chi connectivity index (χ0) is 11.6. The summed E-state index contributed by atoms with van der Waals surface area (Å²) >= 11 is 0. The van der Waals surface area contributed by atoms with E-state index in [1.807, 2.05) is 0 Å². The van der Waals surface area contributed by atoms with Crippen LogP contribution >= 0.6 is 0 Å². The molecule has 2 aliphatic rings. The summed E-state index contributed by atoms with van der Waals surface area (Å²) in [5.74, 6) is 0.918. The van der Waals surface area contributed by atoms with Crippen LogP contribution in [0.5, 0.6) is 0 Å². The van der Waals surface area contributed by atoms with Crippen molar-refractivity contribution >= 4 is 0 Å². The molecule has 2 fully saturated rings. The smallest absolute Gasteiger partial charge is 0.00179 e. The maximum absolute atomic E-state index is 6.16. The average Bonchev–Trinajstić information content (AvgIpc) is 2.29.